The molecule has 4 heteroatoms. The summed E-state index contributed by atoms with van der Waals surface area (Å²) in [4.78, 5) is 4.75. The predicted molar refractivity (Wildman–Crippen MR) is 78.1 cm³/mol. The van der Waals surface area contributed by atoms with Crippen molar-refractivity contribution in [2.45, 2.75) is 32.4 Å². The van der Waals surface area contributed by atoms with Gasteiger partial charge in [-0.3, -0.25) is 4.90 Å². The molecular weight excluding hydrogens is 238 g/mol. The van der Waals surface area contributed by atoms with E-state index in [0.717, 1.165) is 24.0 Å². The average Bonchev–Trinajstić information content (AvgIpc) is 2.88. The van der Waals surface area contributed by atoms with Gasteiger partial charge in [-0.05, 0) is 59.0 Å². The number of hydrogen-bond donors (Lipinski definition) is 1. The Kier molecular flexibility index (Phi) is 4.66. The lowest BCUT2D eigenvalue weighted by Crippen LogP contribution is -2.39. The average molecular weight is 265 g/mol. The molecule has 2 rings (SSSR count). The van der Waals surface area contributed by atoms with Gasteiger partial charge in [-0.1, -0.05) is 0 Å². The highest BCUT2D eigenvalue weighted by Gasteiger charge is 2.28. The topological polar surface area (TPSA) is 45.6 Å². The van der Waals surface area contributed by atoms with E-state index in [9.17, 15) is 0 Å². The van der Waals surface area contributed by atoms with Crippen molar-refractivity contribution in [3.05, 3.63) is 23.7 Å². The summed E-state index contributed by atoms with van der Waals surface area (Å²) < 4.78 is 5.78. The Bertz CT molecular complexity index is 402. The molecule has 3 unspecified atom stereocenters. The Morgan fingerprint density at radius 2 is 2.26 bits per heavy atom. The molecule has 0 spiro atoms. The molecule has 2 N–H and O–H groups in total. The molecule has 19 heavy (non-hydrogen) atoms. The molecule has 1 aliphatic rings. The SMILES string of the molecule is Cc1ccc(C(C(C)N)N(C)CC2CCN(C)C2)o1. The van der Waals surface area contributed by atoms with Gasteiger partial charge in [-0.15, -0.1) is 0 Å². The second kappa shape index (κ2) is 6.07. The van der Waals surface area contributed by atoms with Crippen molar-refractivity contribution in [2.75, 3.05) is 33.7 Å². The van der Waals surface area contributed by atoms with Gasteiger partial charge in [-0.2, -0.15) is 0 Å². The van der Waals surface area contributed by atoms with Crippen LogP contribution >= 0.6 is 0 Å². The zero-order valence-electron chi connectivity index (χ0n) is 12.6. The maximum Gasteiger partial charge on any atom is 0.122 e. The Hall–Kier alpha value is -0.840. The lowest BCUT2D eigenvalue weighted by molar-refractivity contribution is 0.165. The fourth-order valence-corrected chi connectivity index (χ4v) is 3.19. The van der Waals surface area contributed by atoms with Gasteiger partial charge >= 0.3 is 0 Å². The third kappa shape index (κ3) is 3.59. The fourth-order valence-electron chi connectivity index (χ4n) is 3.19. The largest absolute Gasteiger partial charge is 0.465 e. The molecule has 108 valence electrons. The molecule has 0 radical (unpaired) electrons. The van der Waals surface area contributed by atoms with Crippen LogP contribution in [0.25, 0.3) is 0 Å². The molecule has 1 fully saturated rings. The maximum absolute atomic E-state index is 6.17. The summed E-state index contributed by atoms with van der Waals surface area (Å²) in [6, 6.07) is 4.30. The van der Waals surface area contributed by atoms with Crippen LogP contribution in [-0.2, 0) is 0 Å². The number of furan rings is 1. The van der Waals surface area contributed by atoms with Crippen LogP contribution in [-0.4, -0.2) is 49.6 Å². The van der Waals surface area contributed by atoms with Crippen LogP contribution in [0.2, 0.25) is 0 Å². The molecule has 0 aliphatic carbocycles. The van der Waals surface area contributed by atoms with Crippen LogP contribution in [0.3, 0.4) is 0 Å². The molecule has 2 heterocycles. The monoisotopic (exact) mass is 265 g/mol. The summed E-state index contributed by atoms with van der Waals surface area (Å²) in [5.41, 5.74) is 6.17. The van der Waals surface area contributed by atoms with Gasteiger partial charge in [0.15, 0.2) is 0 Å². The first-order chi connectivity index (χ1) is 8.97. The number of hydrogen-bond acceptors (Lipinski definition) is 4. The van der Waals surface area contributed by atoms with Gasteiger partial charge in [0, 0.05) is 19.1 Å². The first-order valence-corrected chi connectivity index (χ1v) is 7.18. The van der Waals surface area contributed by atoms with Crippen molar-refractivity contribution in [3.63, 3.8) is 0 Å². The van der Waals surface area contributed by atoms with E-state index in [1.807, 2.05) is 13.0 Å². The minimum absolute atomic E-state index is 0.0645. The number of nitrogens with zero attached hydrogens (tertiary/aromatic N) is 2. The van der Waals surface area contributed by atoms with E-state index >= 15 is 0 Å². The number of likely N-dealkylation sites (N-methyl/N-ethyl adjacent to an activating group) is 1. The van der Waals surface area contributed by atoms with Crippen molar-refractivity contribution in [1.29, 1.82) is 0 Å². The highest BCUT2D eigenvalue weighted by molar-refractivity contribution is 5.11. The molecule has 0 bridgehead atoms. The van der Waals surface area contributed by atoms with Gasteiger partial charge in [0.1, 0.15) is 11.5 Å². The van der Waals surface area contributed by atoms with Crippen LogP contribution in [0, 0.1) is 12.8 Å². The molecular formula is C15H27N3O. The Morgan fingerprint density at radius 1 is 1.53 bits per heavy atom. The molecule has 3 atom stereocenters. The molecule has 0 amide bonds. The van der Waals surface area contributed by atoms with E-state index in [0.29, 0.717) is 0 Å². The summed E-state index contributed by atoms with van der Waals surface area (Å²) in [6.07, 6.45) is 1.28. The number of likely N-dealkylation sites (tertiary alicyclic amines) is 1. The van der Waals surface area contributed by atoms with Crippen LogP contribution in [0.1, 0.15) is 30.9 Å². The predicted octanol–water partition coefficient (Wildman–Crippen LogP) is 1.86. The summed E-state index contributed by atoms with van der Waals surface area (Å²) in [5.74, 6) is 2.68. The summed E-state index contributed by atoms with van der Waals surface area (Å²) >= 11 is 0. The van der Waals surface area contributed by atoms with Crippen molar-refractivity contribution in [2.24, 2.45) is 11.7 Å². The maximum atomic E-state index is 6.17. The van der Waals surface area contributed by atoms with Gasteiger partial charge in [0.05, 0.1) is 6.04 Å². The Balaban J connectivity index is 2.02. The third-order valence-corrected chi connectivity index (χ3v) is 4.06. The number of nitrogens with two attached hydrogens (primary N) is 1. The second-order valence-electron chi connectivity index (χ2n) is 6.11. The quantitative estimate of drug-likeness (QED) is 0.882. The smallest absolute Gasteiger partial charge is 0.122 e. The van der Waals surface area contributed by atoms with Gasteiger partial charge in [0.25, 0.3) is 0 Å². The van der Waals surface area contributed by atoms with E-state index in [-0.39, 0.29) is 12.1 Å². The Labute approximate surface area is 116 Å². The van der Waals surface area contributed by atoms with Crippen molar-refractivity contribution >= 4 is 0 Å². The van der Waals surface area contributed by atoms with E-state index in [1.165, 1.54) is 19.5 Å². The zero-order valence-corrected chi connectivity index (χ0v) is 12.6. The molecule has 0 saturated carbocycles. The highest BCUT2D eigenvalue weighted by atomic mass is 16.3. The third-order valence-electron chi connectivity index (χ3n) is 4.06. The van der Waals surface area contributed by atoms with Crippen LogP contribution in [0.4, 0.5) is 0 Å². The lowest BCUT2D eigenvalue weighted by atomic mass is 10.0. The van der Waals surface area contributed by atoms with Gasteiger partial charge in [0.2, 0.25) is 0 Å². The highest BCUT2D eigenvalue weighted by Crippen LogP contribution is 2.26. The van der Waals surface area contributed by atoms with Crippen LogP contribution in [0.15, 0.2) is 16.5 Å². The van der Waals surface area contributed by atoms with E-state index in [4.69, 9.17) is 10.2 Å². The van der Waals surface area contributed by atoms with Crippen LogP contribution < -0.4 is 5.73 Å². The van der Waals surface area contributed by atoms with Crippen molar-refractivity contribution < 1.29 is 4.42 Å². The summed E-state index contributed by atoms with van der Waals surface area (Å²) in [5, 5.41) is 0. The minimum atomic E-state index is 0.0645. The second-order valence-corrected chi connectivity index (χ2v) is 6.11. The first kappa shape index (κ1) is 14.6. The Morgan fingerprint density at radius 3 is 2.74 bits per heavy atom. The van der Waals surface area contributed by atoms with E-state index < -0.39 is 0 Å². The normalized spacial score (nSPS) is 24.0. The molecule has 1 aromatic rings. The van der Waals surface area contributed by atoms with E-state index in [1.54, 1.807) is 0 Å². The molecule has 4 nitrogen and oxygen atoms in total. The number of aryl methyl sites for hydroxylation is 1. The molecule has 0 aromatic carbocycles. The van der Waals surface area contributed by atoms with Gasteiger partial charge < -0.3 is 15.1 Å². The summed E-state index contributed by atoms with van der Waals surface area (Å²) in [7, 11) is 4.35. The standard InChI is InChI=1S/C15H27N3O/c1-11-5-6-14(19-11)15(12(2)16)18(4)10-13-7-8-17(3)9-13/h5-6,12-13,15H,7-10,16H2,1-4H3. The first-order valence-electron chi connectivity index (χ1n) is 7.18. The minimum Gasteiger partial charge on any atom is -0.465 e. The molecule has 1 saturated heterocycles. The fraction of sp³-hybridized carbons (Fsp3) is 0.733. The van der Waals surface area contributed by atoms with Gasteiger partial charge in [-0.25, -0.2) is 0 Å². The van der Waals surface area contributed by atoms with Crippen molar-refractivity contribution in [3.8, 4) is 0 Å². The summed E-state index contributed by atoms with van der Waals surface area (Å²) in [6.45, 7) is 7.51. The van der Waals surface area contributed by atoms with Crippen LogP contribution in [0.5, 0.6) is 0 Å². The zero-order chi connectivity index (χ0) is 14.0. The number of rotatable bonds is 5. The van der Waals surface area contributed by atoms with E-state index in [2.05, 4.69) is 36.9 Å². The molecule has 1 aromatic heterocycles. The lowest BCUT2D eigenvalue weighted by Gasteiger charge is -2.31. The molecule has 1 aliphatic heterocycles. The van der Waals surface area contributed by atoms with Crippen molar-refractivity contribution in [1.82, 2.24) is 9.80 Å².